The maximum absolute atomic E-state index is 2.47. The topological polar surface area (TPSA) is 8.81 Å². The van der Waals surface area contributed by atoms with Gasteiger partial charge in [-0.15, -0.1) is 0 Å². The fourth-order valence-electron chi connectivity index (χ4n) is 3.20. The zero-order valence-corrected chi connectivity index (χ0v) is 16.1. The molecule has 0 saturated carbocycles. The number of hydrogen-bond donors (Lipinski definition) is 0. The van der Waals surface area contributed by atoms with Crippen LogP contribution in [0.5, 0.6) is 0 Å². The molecule has 0 aliphatic carbocycles. The van der Waals surface area contributed by atoms with Crippen molar-refractivity contribution in [2.24, 2.45) is 0 Å². The van der Waals surface area contributed by atoms with Crippen molar-refractivity contribution < 1.29 is 4.57 Å². The molecule has 0 fully saturated rings. The Hall–Kier alpha value is -1.57. The van der Waals surface area contributed by atoms with Gasteiger partial charge in [0.15, 0.2) is 5.69 Å². The number of aromatic nitrogens is 2. The number of imidazole rings is 1. The fourth-order valence-corrected chi connectivity index (χ4v) is 3.20. The first-order valence-electron chi connectivity index (χ1n) is 8.72. The molecule has 2 heteroatoms. The van der Waals surface area contributed by atoms with Gasteiger partial charge in [0.25, 0.3) is 0 Å². The standard InChI is InChI=1S/C21H33N2/c1-16(2)19-18(14-17-12-10-9-11-13-17)22(20(3,4)5)15-23(19)21(6,7)8/h9-13,15-16H,14H2,1-8H3/q+1. The summed E-state index contributed by atoms with van der Waals surface area (Å²) in [5, 5.41) is 0. The van der Waals surface area contributed by atoms with Gasteiger partial charge in [0.1, 0.15) is 16.8 Å². The van der Waals surface area contributed by atoms with Crippen LogP contribution in [-0.4, -0.2) is 4.57 Å². The minimum absolute atomic E-state index is 0.0737. The van der Waals surface area contributed by atoms with Gasteiger partial charge < -0.3 is 0 Å². The largest absolute Gasteiger partial charge is 0.245 e. The molecule has 126 valence electrons. The Morgan fingerprint density at radius 3 is 1.96 bits per heavy atom. The molecule has 1 aromatic carbocycles. The monoisotopic (exact) mass is 313 g/mol. The number of benzene rings is 1. The molecule has 0 atom stereocenters. The molecule has 0 bridgehead atoms. The summed E-state index contributed by atoms with van der Waals surface area (Å²) in [6.45, 7) is 18.3. The summed E-state index contributed by atoms with van der Waals surface area (Å²) in [6.07, 6.45) is 3.31. The zero-order chi connectivity index (χ0) is 17.4. The first-order valence-corrected chi connectivity index (χ1v) is 8.72. The third kappa shape index (κ3) is 3.85. The van der Waals surface area contributed by atoms with Crippen LogP contribution in [0.4, 0.5) is 0 Å². The van der Waals surface area contributed by atoms with Crippen LogP contribution in [0.25, 0.3) is 0 Å². The van der Waals surface area contributed by atoms with E-state index in [1.165, 1.54) is 17.0 Å². The van der Waals surface area contributed by atoms with Gasteiger partial charge in [-0.05, 0) is 47.1 Å². The molecule has 0 aliphatic rings. The normalized spacial score (nSPS) is 12.9. The second kappa shape index (κ2) is 6.14. The van der Waals surface area contributed by atoms with Gasteiger partial charge in [-0.25, -0.2) is 9.13 Å². The van der Waals surface area contributed by atoms with Crippen LogP contribution in [0.3, 0.4) is 0 Å². The lowest BCUT2D eigenvalue weighted by atomic mass is 9.98. The molecule has 0 N–H and O–H groups in total. The molecule has 23 heavy (non-hydrogen) atoms. The third-order valence-electron chi connectivity index (χ3n) is 4.28. The van der Waals surface area contributed by atoms with E-state index in [-0.39, 0.29) is 11.1 Å². The van der Waals surface area contributed by atoms with Crippen LogP contribution in [0, 0.1) is 0 Å². The van der Waals surface area contributed by atoms with E-state index in [4.69, 9.17) is 0 Å². The van der Waals surface area contributed by atoms with E-state index in [9.17, 15) is 0 Å². The molecule has 2 rings (SSSR count). The van der Waals surface area contributed by atoms with Gasteiger partial charge in [0, 0.05) is 12.3 Å². The van der Waals surface area contributed by atoms with Gasteiger partial charge >= 0.3 is 0 Å². The van der Waals surface area contributed by atoms with Crippen molar-refractivity contribution in [1.29, 1.82) is 0 Å². The Morgan fingerprint density at radius 2 is 1.52 bits per heavy atom. The Morgan fingerprint density at radius 1 is 0.957 bits per heavy atom. The molecule has 0 aliphatic heterocycles. The molecular weight excluding hydrogens is 280 g/mol. The number of nitrogens with zero attached hydrogens (tertiary/aromatic N) is 2. The summed E-state index contributed by atoms with van der Waals surface area (Å²) < 4.78 is 4.95. The number of rotatable bonds is 3. The highest BCUT2D eigenvalue weighted by atomic mass is 15.2. The predicted octanol–water partition coefficient (Wildman–Crippen LogP) is 5.00. The molecule has 0 amide bonds. The van der Waals surface area contributed by atoms with Crippen molar-refractivity contribution >= 4 is 0 Å². The second-order valence-electron chi connectivity index (χ2n) is 8.85. The van der Waals surface area contributed by atoms with Crippen LogP contribution in [0.2, 0.25) is 0 Å². The Bertz CT molecular complexity index is 650. The van der Waals surface area contributed by atoms with Crippen molar-refractivity contribution in [3.05, 3.63) is 53.6 Å². The van der Waals surface area contributed by atoms with E-state index < -0.39 is 0 Å². The molecule has 2 aromatic rings. The minimum Gasteiger partial charge on any atom is -0.229 e. The summed E-state index contributed by atoms with van der Waals surface area (Å²) in [6, 6.07) is 10.8. The Kier molecular flexibility index (Phi) is 4.75. The average molecular weight is 314 g/mol. The van der Waals surface area contributed by atoms with E-state index >= 15 is 0 Å². The summed E-state index contributed by atoms with van der Waals surface area (Å²) in [5.74, 6) is 0.497. The summed E-state index contributed by atoms with van der Waals surface area (Å²) in [4.78, 5) is 0. The van der Waals surface area contributed by atoms with E-state index in [0.717, 1.165) is 6.42 Å². The van der Waals surface area contributed by atoms with Crippen LogP contribution < -0.4 is 4.57 Å². The molecule has 1 heterocycles. The maximum Gasteiger partial charge on any atom is 0.245 e. The summed E-state index contributed by atoms with van der Waals surface area (Å²) in [5.41, 5.74) is 4.43. The minimum atomic E-state index is 0.0737. The lowest BCUT2D eigenvalue weighted by Crippen LogP contribution is -2.52. The van der Waals surface area contributed by atoms with Crippen molar-refractivity contribution in [3.63, 3.8) is 0 Å². The molecule has 0 radical (unpaired) electrons. The lowest BCUT2D eigenvalue weighted by Gasteiger charge is -2.19. The Balaban J connectivity index is 2.68. The highest BCUT2D eigenvalue weighted by Crippen LogP contribution is 2.27. The summed E-state index contributed by atoms with van der Waals surface area (Å²) >= 11 is 0. The second-order valence-corrected chi connectivity index (χ2v) is 8.85. The molecule has 0 unspecified atom stereocenters. The van der Waals surface area contributed by atoms with Crippen molar-refractivity contribution in [2.45, 2.75) is 78.8 Å². The quantitative estimate of drug-likeness (QED) is 0.705. The first kappa shape index (κ1) is 17.8. The van der Waals surface area contributed by atoms with Crippen LogP contribution in [0.1, 0.15) is 78.3 Å². The van der Waals surface area contributed by atoms with Crippen LogP contribution in [0.15, 0.2) is 36.7 Å². The molecule has 1 aromatic heterocycles. The highest BCUT2D eigenvalue weighted by Gasteiger charge is 2.35. The van der Waals surface area contributed by atoms with Gasteiger partial charge in [0.2, 0.25) is 6.33 Å². The van der Waals surface area contributed by atoms with Gasteiger partial charge in [-0.2, -0.15) is 0 Å². The first-order chi connectivity index (χ1) is 10.5. The highest BCUT2D eigenvalue weighted by molar-refractivity contribution is 5.25. The SMILES string of the molecule is CC(C)c1c(Cc2ccccc2)n(C(C)(C)C)c[n+]1C(C)(C)C. The average Bonchev–Trinajstić information content (AvgIpc) is 2.79. The molecule has 0 spiro atoms. The van der Waals surface area contributed by atoms with Crippen molar-refractivity contribution in [2.75, 3.05) is 0 Å². The van der Waals surface area contributed by atoms with Crippen molar-refractivity contribution in [1.82, 2.24) is 4.57 Å². The van der Waals surface area contributed by atoms with Crippen molar-refractivity contribution in [3.8, 4) is 0 Å². The molecular formula is C21H33N2+. The third-order valence-corrected chi connectivity index (χ3v) is 4.28. The maximum atomic E-state index is 2.47. The molecule has 0 saturated heterocycles. The van der Waals surface area contributed by atoms with E-state index in [0.29, 0.717) is 5.92 Å². The van der Waals surface area contributed by atoms with E-state index in [1.54, 1.807) is 0 Å². The van der Waals surface area contributed by atoms with Crippen LogP contribution in [-0.2, 0) is 17.5 Å². The predicted molar refractivity (Wildman–Crippen MR) is 98.0 cm³/mol. The zero-order valence-electron chi connectivity index (χ0n) is 16.1. The Labute approximate surface area is 142 Å². The van der Waals surface area contributed by atoms with E-state index in [1.807, 2.05) is 0 Å². The van der Waals surface area contributed by atoms with Crippen LogP contribution >= 0.6 is 0 Å². The lowest BCUT2D eigenvalue weighted by molar-refractivity contribution is -0.760. The van der Waals surface area contributed by atoms with Gasteiger partial charge in [-0.3, -0.25) is 0 Å². The smallest absolute Gasteiger partial charge is 0.229 e. The summed E-state index contributed by atoms with van der Waals surface area (Å²) in [7, 11) is 0. The molecule has 2 nitrogen and oxygen atoms in total. The van der Waals surface area contributed by atoms with E-state index in [2.05, 4.69) is 101 Å². The number of hydrogen-bond acceptors (Lipinski definition) is 0. The fraction of sp³-hybridized carbons (Fsp3) is 0.571. The van der Waals surface area contributed by atoms with Gasteiger partial charge in [-0.1, -0.05) is 44.2 Å². The van der Waals surface area contributed by atoms with Gasteiger partial charge in [0.05, 0.1) is 0 Å².